The predicted molar refractivity (Wildman–Crippen MR) is 105 cm³/mol. The van der Waals surface area contributed by atoms with E-state index in [9.17, 15) is 13.2 Å². The van der Waals surface area contributed by atoms with Crippen LogP contribution in [0.1, 0.15) is 38.4 Å². The molecule has 0 bridgehead atoms. The number of ether oxygens (including phenoxy) is 1. The van der Waals surface area contributed by atoms with Crippen molar-refractivity contribution in [1.82, 2.24) is 0 Å². The van der Waals surface area contributed by atoms with Crippen LogP contribution in [0, 0.1) is 6.92 Å². The molecule has 1 saturated heterocycles. The molecule has 2 aliphatic rings. The number of benzene rings is 3. The van der Waals surface area contributed by atoms with Gasteiger partial charge in [0.2, 0.25) is 5.78 Å². The van der Waals surface area contributed by atoms with Crippen molar-refractivity contribution in [3.8, 4) is 0 Å². The average molecular weight is 390 g/mol. The van der Waals surface area contributed by atoms with Crippen LogP contribution in [-0.2, 0) is 14.6 Å². The number of carbonyl (C=O) groups is 1. The topological polar surface area (TPSA) is 63.7 Å². The third-order valence-corrected chi connectivity index (χ3v) is 7.83. The summed E-state index contributed by atoms with van der Waals surface area (Å²) < 4.78 is 33.2. The highest BCUT2D eigenvalue weighted by atomic mass is 32.2. The molecular formula is C23H18O4S. The molecular weight excluding hydrogens is 372 g/mol. The maximum atomic E-state index is 13.6. The number of sulfone groups is 1. The number of ketones is 1. The Balaban J connectivity index is 1.75. The first-order valence-electron chi connectivity index (χ1n) is 9.13. The smallest absolute Gasteiger partial charge is 0.200 e. The Kier molecular flexibility index (Phi) is 3.63. The molecule has 5 rings (SSSR count). The first-order chi connectivity index (χ1) is 13.5. The van der Waals surface area contributed by atoms with Crippen LogP contribution in [0.4, 0.5) is 0 Å². The van der Waals surface area contributed by atoms with Crippen molar-refractivity contribution < 1.29 is 17.9 Å². The van der Waals surface area contributed by atoms with E-state index in [-0.39, 0.29) is 16.2 Å². The lowest BCUT2D eigenvalue weighted by molar-refractivity contribution is 0.0856. The van der Waals surface area contributed by atoms with Crippen molar-refractivity contribution in [1.29, 1.82) is 0 Å². The standard InChI is InChI=1S/C23H18O4S/c1-15-11-13-16(14-12-15)21-23(27-21)20(24)18-9-5-6-10-19(18)28(25,26)22(23)17-7-3-2-4-8-17/h2-14,21-22H,1H3/t21-,22-,23-/m0/s1. The normalized spacial score (nSPS) is 27.4. The van der Waals surface area contributed by atoms with Gasteiger partial charge in [-0.1, -0.05) is 72.3 Å². The van der Waals surface area contributed by atoms with Crippen LogP contribution in [0.3, 0.4) is 0 Å². The van der Waals surface area contributed by atoms with E-state index >= 15 is 0 Å². The summed E-state index contributed by atoms with van der Waals surface area (Å²) in [6.45, 7) is 1.98. The van der Waals surface area contributed by atoms with E-state index in [0.29, 0.717) is 5.56 Å². The monoisotopic (exact) mass is 390 g/mol. The highest BCUT2D eigenvalue weighted by Crippen LogP contribution is 2.63. The van der Waals surface area contributed by atoms with Crippen molar-refractivity contribution in [2.45, 2.75) is 28.8 Å². The van der Waals surface area contributed by atoms with Crippen molar-refractivity contribution in [2.75, 3.05) is 0 Å². The summed E-state index contributed by atoms with van der Waals surface area (Å²) in [7, 11) is -3.81. The molecule has 0 radical (unpaired) electrons. The van der Waals surface area contributed by atoms with Crippen LogP contribution in [0.15, 0.2) is 83.8 Å². The second-order valence-electron chi connectivity index (χ2n) is 7.36. The molecule has 4 nitrogen and oxygen atoms in total. The number of hydrogen-bond acceptors (Lipinski definition) is 4. The molecule has 0 unspecified atom stereocenters. The molecule has 2 aliphatic heterocycles. The van der Waals surface area contributed by atoms with Crippen molar-refractivity contribution in [3.05, 3.63) is 101 Å². The van der Waals surface area contributed by atoms with Gasteiger partial charge in [0.1, 0.15) is 11.4 Å². The molecule has 3 aromatic carbocycles. The van der Waals surface area contributed by atoms with Crippen LogP contribution in [0.5, 0.6) is 0 Å². The molecule has 0 amide bonds. The minimum atomic E-state index is -3.81. The minimum Gasteiger partial charge on any atom is -0.350 e. The first-order valence-corrected chi connectivity index (χ1v) is 10.7. The zero-order valence-corrected chi connectivity index (χ0v) is 16.0. The Morgan fingerprint density at radius 1 is 0.821 bits per heavy atom. The van der Waals surface area contributed by atoms with Crippen LogP contribution in [-0.4, -0.2) is 19.8 Å². The molecule has 1 spiro atoms. The fourth-order valence-electron chi connectivity index (χ4n) is 4.23. The van der Waals surface area contributed by atoms with Gasteiger partial charge >= 0.3 is 0 Å². The number of fused-ring (bicyclic) bond motifs is 1. The molecule has 5 heteroatoms. The number of epoxide rings is 1. The summed E-state index contributed by atoms with van der Waals surface area (Å²) in [5.41, 5.74) is 1.26. The number of Topliss-reactive ketones (excluding diaryl/α,β-unsaturated/α-hetero) is 1. The summed E-state index contributed by atoms with van der Waals surface area (Å²) in [6, 6.07) is 23.0. The molecule has 0 N–H and O–H groups in total. The predicted octanol–water partition coefficient (Wildman–Crippen LogP) is 4.22. The quantitative estimate of drug-likeness (QED) is 0.615. The Morgan fingerprint density at radius 2 is 1.46 bits per heavy atom. The molecule has 2 heterocycles. The molecule has 0 aromatic heterocycles. The Morgan fingerprint density at radius 3 is 2.18 bits per heavy atom. The van der Waals surface area contributed by atoms with Gasteiger partial charge in [0.15, 0.2) is 15.4 Å². The van der Waals surface area contributed by atoms with Gasteiger partial charge in [0.05, 0.1) is 4.90 Å². The summed E-state index contributed by atoms with van der Waals surface area (Å²) >= 11 is 0. The van der Waals surface area contributed by atoms with Gasteiger partial charge in [-0.15, -0.1) is 0 Å². The van der Waals surface area contributed by atoms with Crippen LogP contribution < -0.4 is 0 Å². The lowest BCUT2D eigenvalue weighted by Crippen LogP contribution is -2.42. The minimum absolute atomic E-state index is 0.0811. The van der Waals surface area contributed by atoms with E-state index in [2.05, 4.69) is 0 Å². The average Bonchev–Trinajstić information content (AvgIpc) is 3.43. The van der Waals surface area contributed by atoms with Crippen LogP contribution in [0.25, 0.3) is 0 Å². The second kappa shape index (κ2) is 5.87. The number of hydrogen-bond donors (Lipinski definition) is 0. The van der Waals surface area contributed by atoms with Gasteiger partial charge in [-0.2, -0.15) is 0 Å². The van der Waals surface area contributed by atoms with E-state index in [0.717, 1.165) is 11.1 Å². The maximum Gasteiger partial charge on any atom is 0.200 e. The summed E-state index contributed by atoms with van der Waals surface area (Å²) in [5, 5.41) is -1.07. The van der Waals surface area contributed by atoms with Gasteiger partial charge in [-0.05, 0) is 30.2 Å². The fourth-order valence-corrected chi connectivity index (χ4v) is 6.49. The van der Waals surface area contributed by atoms with Gasteiger partial charge in [0, 0.05) is 5.56 Å². The van der Waals surface area contributed by atoms with Crippen molar-refractivity contribution in [3.63, 3.8) is 0 Å². The fraction of sp³-hybridized carbons (Fsp3) is 0.174. The highest BCUT2D eigenvalue weighted by molar-refractivity contribution is 7.92. The van der Waals surface area contributed by atoms with Crippen molar-refractivity contribution >= 4 is 15.6 Å². The third-order valence-electron chi connectivity index (χ3n) is 5.62. The Hall–Kier alpha value is -2.76. The lowest BCUT2D eigenvalue weighted by atomic mass is 9.84. The van der Waals surface area contributed by atoms with E-state index in [1.807, 2.05) is 37.3 Å². The number of aryl methyl sites for hydroxylation is 1. The van der Waals surface area contributed by atoms with E-state index in [4.69, 9.17) is 4.74 Å². The lowest BCUT2D eigenvalue weighted by Gasteiger charge is -2.30. The first kappa shape index (κ1) is 17.3. The van der Waals surface area contributed by atoms with Gasteiger partial charge in [0.25, 0.3) is 0 Å². The van der Waals surface area contributed by atoms with E-state index < -0.39 is 26.8 Å². The summed E-state index contributed by atoms with van der Waals surface area (Å²) in [5.74, 6) is -0.266. The largest absolute Gasteiger partial charge is 0.350 e. The second-order valence-corrected chi connectivity index (χ2v) is 9.36. The molecule has 0 saturated carbocycles. The summed E-state index contributed by atoms with van der Waals surface area (Å²) in [6.07, 6.45) is -0.589. The number of carbonyl (C=O) groups excluding carboxylic acids is 1. The number of rotatable bonds is 2. The van der Waals surface area contributed by atoms with E-state index in [1.54, 1.807) is 42.5 Å². The maximum absolute atomic E-state index is 13.6. The molecule has 1 fully saturated rings. The van der Waals surface area contributed by atoms with Gasteiger partial charge in [-0.3, -0.25) is 4.79 Å². The van der Waals surface area contributed by atoms with Crippen LogP contribution >= 0.6 is 0 Å². The zero-order valence-electron chi connectivity index (χ0n) is 15.2. The highest BCUT2D eigenvalue weighted by Gasteiger charge is 2.73. The molecule has 140 valence electrons. The molecule has 3 atom stereocenters. The third kappa shape index (κ3) is 2.26. The molecule has 28 heavy (non-hydrogen) atoms. The van der Waals surface area contributed by atoms with Crippen molar-refractivity contribution in [2.24, 2.45) is 0 Å². The molecule has 0 aliphatic carbocycles. The van der Waals surface area contributed by atoms with Gasteiger partial charge < -0.3 is 4.74 Å². The Bertz CT molecular complexity index is 1180. The SMILES string of the molecule is Cc1ccc([C@@H]2O[C@@]23C(=O)c2ccccc2S(=O)(=O)[C@H]3c2ccccc2)cc1. The van der Waals surface area contributed by atoms with Crippen LogP contribution in [0.2, 0.25) is 0 Å². The molecule has 3 aromatic rings. The van der Waals surface area contributed by atoms with Gasteiger partial charge in [-0.25, -0.2) is 8.42 Å². The van der Waals surface area contributed by atoms with E-state index in [1.165, 1.54) is 6.07 Å². The Labute approximate surface area is 163 Å². The summed E-state index contributed by atoms with van der Waals surface area (Å²) in [4.78, 5) is 13.6. The zero-order chi connectivity index (χ0) is 19.5.